The summed E-state index contributed by atoms with van der Waals surface area (Å²) in [7, 11) is 2.97. The molecule has 4 heteroatoms. The maximum atomic E-state index is 7.00. The van der Waals surface area contributed by atoms with Crippen LogP contribution < -0.4 is 5.32 Å². The molecule has 0 saturated heterocycles. The molecule has 0 aliphatic rings. The summed E-state index contributed by atoms with van der Waals surface area (Å²) in [6.45, 7) is 16.6. The molecular formula is C30H50N2O2. The summed E-state index contributed by atoms with van der Waals surface area (Å²) in [6, 6.07) is 13.1. The van der Waals surface area contributed by atoms with Crippen molar-refractivity contribution < 1.29 is 9.84 Å². The topological polar surface area (TPSA) is 54.4 Å². The predicted molar refractivity (Wildman–Crippen MR) is 150 cm³/mol. The number of benzene rings is 1. The molecule has 2 aromatic rings. The SMILES string of the molecule is C/C=C\C(=C/c1cncc(C)c1)OC(C)(C)CC(C)NC.CC.CCCc1ccccc1.CO. The lowest BCUT2D eigenvalue weighted by Gasteiger charge is -2.30. The second kappa shape index (κ2) is 21.1. The van der Waals surface area contributed by atoms with Crippen molar-refractivity contribution in [1.82, 2.24) is 10.3 Å². The van der Waals surface area contributed by atoms with Gasteiger partial charge in [0.25, 0.3) is 0 Å². The van der Waals surface area contributed by atoms with E-state index in [2.05, 4.69) is 74.4 Å². The number of allylic oxidation sites excluding steroid dienone is 2. The summed E-state index contributed by atoms with van der Waals surface area (Å²) in [5.41, 5.74) is 3.41. The molecule has 192 valence electrons. The number of aliphatic hydroxyl groups is 1. The zero-order valence-corrected chi connectivity index (χ0v) is 23.4. The molecule has 1 aromatic carbocycles. The smallest absolute Gasteiger partial charge is 0.120 e. The minimum Gasteiger partial charge on any atom is -0.488 e. The van der Waals surface area contributed by atoms with Gasteiger partial charge in [-0.05, 0) is 83.0 Å². The van der Waals surface area contributed by atoms with Crippen LogP contribution in [0, 0.1) is 6.92 Å². The van der Waals surface area contributed by atoms with Gasteiger partial charge in [0, 0.05) is 32.0 Å². The number of pyridine rings is 1. The van der Waals surface area contributed by atoms with Crippen molar-refractivity contribution in [1.29, 1.82) is 0 Å². The van der Waals surface area contributed by atoms with Gasteiger partial charge in [-0.25, -0.2) is 0 Å². The third kappa shape index (κ3) is 17.1. The number of nitrogens with one attached hydrogen (secondary N) is 1. The Balaban J connectivity index is 0. The number of aliphatic hydroxyl groups excluding tert-OH is 1. The number of rotatable bonds is 9. The maximum absolute atomic E-state index is 7.00. The van der Waals surface area contributed by atoms with E-state index in [0.717, 1.165) is 30.4 Å². The Morgan fingerprint density at radius 3 is 2.26 bits per heavy atom. The molecule has 0 aliphatic heterocycles. The van der Waals surface area contributed by atoms with Crippen molar-refractivity contribution in [3.05, 3.63) is 83.4 Å². The first-order valence-electron chi connectivity index (χ1n) is 12.4. The van der Waals surface area contributed by atoms with Crippen molar-refractivity contribution >= 4 is 6.08 Å². The Labute approximate surface area is 210 Å². The molecule has 0 bridgehead atoms. The van der Waals surface area contributed by atoms with Crippen LogP contribution in [0.3, 0.4) is 0 Å². The molecule has 0 aliphatic carbocycles. The molecule has 2 N–H and O–H groups in total. The van der Waals surface area contributed by atoms with Gasteiger partial charge in [-0.1, -0.05) is 63.6 Å². The van der Waals surface area contributed by atoms with Crippen LogP contribution >= 0.6 is 0 Å². The Hall–Kier alpha value is -2.43. The number of nitrogens with zero attached hydrogens (tertiary/aromatic N) is 1. The van der Waals surface area contributed by atoms with E-state index in [4.69, 9.17) is 9.84 Å². The second-order valence-electron chi connectivity index (χ2n) is 8.33. The normalized spacial score (nSPS) is 11.8. The summed E-state index contributed by atoms with van der Waals surface area (Å²) < 4.78 is 6.20. The minimum absolute atomic E-state index is 0.231. The summed E-state index contributed by atoms with van der Waals surface area (Å²) >= 11 is 0. The first-order chi connectivity index (χ1) is 16.3. The van der Waals surface area contributed by atoms with Gasteiger partial charge in [-0.2, -0.15) is 0 Å². The molecule has 2 rings (SSSR count). The lowest BCUT2D eigenvalue weighted by molar-refractivity contribution is 0.0290. The Morgan fingerprint density at radius 2 is 1.76 bits per heavy atom. The van der Waals surface area contributed by atoms with Crippen LogP contribution in [0.25, 0.3) is 6.08 Å². The molecule has 1 heterocycles. The number of hydrogen-bond acceptors (Lipinski definition) is 4. The van der Waals surface area contributed by atoms with Crippen LogP contribution in [0.4, 0.5) is 0 Å². The van der Waals surface area contributed by atoms with Crippen LogP contribution in [0.1, 0.15) is 78.0 Å². The molecule has 0 spiro atoms. The van der Waals surface area contributed by atoms with E-state index in [-0.39, 0.29) is 5.60 Å². The van der Waals surface area contributed by atoms with Gasteiger partial charge in [0.1, 0.15) is 11.4 Å². The number of aryl methyl sites for hydroxylation is 2. The fraction of sp³-hybridized carbons (Fsp3) is 0.500. The van der Waals surface area contributed by atoms with E-state index in [0.29, 0.717) is 6.04 Å². The second-order valence-corrected chi connectivity index (χ2v) is 8.33. The van der Waals surface area contributed by atoms with Crippen molar-refractivity contribution in [2.75, 3.05) is 14.2 Å². The van der Waals surface area contributed by atoms with Gasteiger partial charge in [-0.3, -0.25) is 4.98 Å². The summed E-state index contributed by atoms with van der Waals surface area (Å²) in [4.78, 5) is 4.22. The highest BCUT2D eigenvalue weighted by Crippen LogP contribution is 2.23. The fourth-order valence-corrected chi connectivity index (χ4v) is 3.23. The van der Waals surface area contributed by atoms with Gasteiger partial charge >= 0.3 is 0 Å². The first-order valence-corrected chi connectivity index (χ1v) is 12.4. The van der Waals surface area contributed by atoms with Crippen LogP contribution in [-0.4, -0.2) is 35.9 Å². The van der Waals surface area contributed by atoms with Crippen molar-refractivity contribution in [2.45, 2.75) is 86.3 Å². The Bertz CT molecular complexity index is 783. The summed E-state index contributed by atoms with van der Waals surface area (Å²) in [5, 5.41) is 10.3. The fourth-order valence-electron chi connectivity index (χ4n) is 3.23. The molecule has 1 atom stereocenters. The summed E-state index contributed by atoms with van der Waals surface area (Å²) in [6.07, 6.45) is 13.1. The van der Waals surface area contributed by atoms with Crippen LogP contribution in [-0.2, 0) is 11.2 Å². The van der Waals surface area contributed by atoms with Crippen molar-refractivity contribution in [3.8, 4) is 0 Å². The predicted octanol–water partition coefficient (Wildman–Crippen LogP) is 7.37. The Kier molecular flexibility index (Phi) is 21.0. The summed E-state index contributed by atoms with van der Waals surface area (Å²) in [5.74, 6) is 0.859. The van der Waals surface area contributed by atoms with Gasteiger partial charge < -0.3 is 15.2 Å². The number of aromatic nitrogens is 1. The molecule has 0 saturated carbocycles. The molecule has 1 aromatic heterocycles. The van der Waals surface area contributed by atoms with Gasteiger partial charge in [0.05, 0.1) is 0 Å². The van der Waals surface area contributed by atoms with E-state index in [1.165, 1.54) is 18.4 Å². The molecule has 0 amide bonds. The standard InChI is InChI=1S/C18H28N2O.C9H12.C2H6.CH4O/c1-7-8-17(10-16-9-14(2)12-20-13-16)21-18(4,5)11-15(3)19-6;1-2-6-9-7-4-3-5-8-9;2*1-2/h7-10,12-13,15,19H,11H2,1-6H3;3-5,7-8H,2,6H2,1H3;1-2H3;2H,1H3/b8-7-,17-10+;;;. The van der Waals surface area contributed by atoms with Crippen molar-refractivity contribution in [2.24, 2.45) is 0 Å². The molecule has 1 unspecified atom stereocenters. The molecule has 0 fully saturated rings. The Morgan fingerprint density at radius 1 is 1.15 bits per heavy atom. The van der Waals surface area contributed by atoms with E-state index < -0.39 is 0 Å². The lowest BCUT2D eigenvalue weighted by Crippen LogP contribution is -2.34. The van der Waals surface area contributed by atoms with E-state index in [1.807, 2.05) is 65.4 Å². The molecule has 34 heavy (non-hydrogen) atoms. The van der Waals surface area contributed by atoms with Gasteiger partial charge in [0.2, 0.25) is 0 Å². The number of hydrogen-bond donors (Lipinski definition) is 2. The molecule has 4 nitrogen and oxygen atoms in total. The third-order valence-electron chi connectivity index (χ3n) is 4.60. The highest BCUT2D eigenvalue weighted by molar-refractivity contribution is 5.53. The third-order valence-corrected chi connectivity index (χ3v) is 4.60. The van der Waals surface area contributed by atoms with E-state index >= 15 is 0 Å². The molecular weight excluding hydrogens is 420 g/mol. The largest absolute Gasteiger partial charge is 0.488 e. The lowest BCUT2D eigenvalue weighted by atomic mass is 9.99. The maximum Gasteiger partial charge on any atom is 0.120 e. The van der Waals surface area contributed by atoms with Gasteiger partial charge in [-0.15, -0.1) is 0 Å². The van der Waals surface area contributed by atoms with Gasteiger partial charge in [0.15, 0.2) is 0 Å². The number of ether oxygens (including phenoxy) is 1. The quantitative estimate of drug-likeness (QED) is 0.297. The van der Waals surface area contributed by atoms with Crippen LogP contribution in [0.5, 0.6) is 0 Å². The minimum atomic E-state index is -0.231. The zero-order chi connectivity index (χ0) is 26.4. The highest BCUT2D eigenvalue weighted by atomic mass is 16.5. The highest BCUT2D eigenvalue weighted by Gasteiger charge is 2.22. The first kappa shape index (κ1) is 33.7. The van der Waals surface area contributed by atoms with Crippen LogP contribution in [0.2, 0.25) is 0 Å². The average Bonchev–Trinajstić information content (AvgIpc) is 2.82. The zero-order valence-electron chi connectivity index (χ0n) is 23.4. The van der Waals surface area contributed by atoms with Crippen LogP contribution in [0.15, 0.2) is 66.7 Å². The van der Waals surface area contributed by atoms with E-state index in [9.17, 15) is 0 Å². The molecule has 0 radical (unpaired) electrons. The van der Waals surface area contributed by atoms with E-state index in [1.54, 1.807) is 0 Å². The monoisotopic (exact) mass is 470 g/mol. The van der Waals surface area contributed by atoms with Crippen molar-refractivity contribution in [3.63, 3.8) is 0 Å². The average molecular weight is 471 g/mol.